The van der Waals surface area contributed by atoms with Crippen LogP contribution in [0.3, 0.4) is 0 Å². The van der Waals surface area contributed by atoms with Crippen molar-refractivity contribution in [1.29, 1.82) is 0 Å². The van der Waals surface area contributed by atoms with Crippen LogP contribution in [0.1, 0.15) is 33.9 Å². The molecule has 0 saturated carbocycles. The third-order valence-electron chi connectivity index (χ3n) is 3.04. The molecule has 0 radical (unpaired) electrons. The highest BCUT2D eigenvalue weighted by Crippen LogP contribution is 2.30. The molecule has 1 N–H and O–H groups in total. The summed E-state index contributed by atoms with van der Waals surface area (Å²) >= 11 is 7.99. The van der Waals surface area contributed by atoms with Crippen molar-refractivity contribution >= 4 is 22.9 Å². The predicted octanol–water partition coefficient (Wildman–Crippen LogP) is 4.55. The zero-order chi connectivity index (χ0) is 13.1. The summed E-state index contributed by atoms with van der Waals surface area (Å²) in [6, 6.07) is 10.0. The summed E-state index contributed by atoms with van der Waals surface area (Å²) in [5, 5.41) is 11.0. The predicted molar refractivity (Wildman–Crippen MR) is 78.5 cm³/mol. The van der Waals surface area contributed by atoms with Gasteiger partial charge in [0.1, 0.15) is 0 Å². The maximum absolute atomic E-state index is 10.3. The van der Waals surface area contributed by atoms with Gasteiger partial charge in [0.05, 0.1) is 6.10 Å². The Labute approximate surface area is 117 Å². The second-order valence-electron chi connectivity index (χ2n) is 4.42. The van der Waals surface area contributed by atoms with E-state index in [1.54, 1.807) is 11.3 Å². The Morgan fingerprint density at radius 1 is 1.22 bits per heavy atom. The quantitative estimate of drug-likeness (QED) is 0.871. The number of benzene rings is 1. The molecular formula is C15H17ClOS. The van der Waals surface area contributed by atoms with E-state index >= 15 is 0 Å². The van der Waals surface area contributed by atoms with Gasteiger partial charge in [0.25, 0.3) is 0 Å². The van der Waals surface area contributed by atoms with Gasteiger partial charge in [-0.25, -0.2) is 0 Å². The van der Waals surface area contributed by atoms with Gasteiger partial charge in [0.15, 0.2) is 0 Å². The highest BCUT2D eigenvalue weighted by atomic mass is 35.5. The summed E-state index contributed by atoms with van der Waals surface area (Å²) in [7, 11) is 0. The molecule has 0 saturated heterocycles. The number of aryl methyl sites for hydroxylation is 2. The highest BCUT2D eigenvalue weighted by molar-refractivity contribution is 7.11. The van der Waals surface area contributed by atoms with Gasteiger partial charge in [-0.05, 0) is 36.6 Å². The molecule has 2 aromatic rings. The Hall–Kier alpha value is -0.830. The van der Waals surface area contributed by atoms with E-state index in [-0.39, 0.29) is 0 Å². The lowest BCUT2D eigenvalue weighted by atomic mass is 10.0. The van der Waals surface area contributed by atoms with Crippen molar-refractivity contribution in [3.8, 4) is 0 Å². The Morgan fingerprint density at radius 2 is 1.94 bits per heavy atom. The molecule has 0 bridgehead atoms. The van der Waals surface area contributed by atoms with Crippen molar-refractivity contribution in [1.82, 2.24) is 0 Å². The lowest BCUT2D eigenvalue weighted by Gasteiger charge is -2.13. The zero-order valence-electron chi connectivity index (χ0n) is 10.6. The molecule has 1 heterocycles. The molecule has 1 unspecified atom stereocenters. The highest BCUT2D eigenvalue weighted by Gasteiger charge is 2.14. The van der Waals surface area contributed by atoms with Crippen LogP contribution in [0, 0.1) is 6.92 Å². The van der Waals surface area contributed by atoms with Gasteiger partial charge in [0.2, 0.25) is 0 Å². The van der Waals surface area contributed by atoms with E-state index in [9.17, 15) is 5.11 Å². The zero-order valence-corrected chi connectivity index (χ0v) is 12.2. The first-order valence-electron chi connectivity index (χ1n) is 6.12. The van der Waals surface area contributed by atoms with Crippen molar-refractivity contribution in [2.24, 2.45) is 0 Å². The normalized spacial score (nSPS) is 12.7. The Kier molecular flexibility index (Phi) is 4.44. The molecule has 0 amide bonds. The summed E-state index contributed by atoms with van der Waals surface area (Å²) in [6.07, 6.45) is 1.15. The summed E-state index contributed by atoms with van der Waals surface area (Å²) in [5.41, 5.74) is 1.83. The van der Waals surface area contributed by atoms with E-state index in [1.807, 2.05) is 25.1 Å². The van der Waals surface area contributed by atoms with Gasteiger partial charge in [0, 0.05) is 21.2 Å². The first-order chi connectivity index (χ1) is 8.61. The van der Waals surface area contributed by atoms with Gasteiger partial charge >= 0.3 is 0 Å². The van der Waals surface area contributed by atoms with E-state index in [4.69, 9.17) is 11.6 Å². The fourth-order valence-corrected chi connectivity index (χ4v) is 3.20. The number of aliphatic hydroxyl groups excluding tert-OH is 1. The van der Waals surface area contributed by atoms with E-state index in [1.165, 1.54) is 9.75 Å². The number of hydrogen-bond acceptors (Lipinski definition) is 2. The second-order valence-corrected chi connectivity index (χ2v) is 6.05. The number of thiophene rings is 1. The van der Waals surface area contributed by atoms with Crippen LogP contribution in [0.4, 0.5) is 0 Å². The summed E-state index contributed by atoms with van der Waals surface area (Å²) < 4.78 is 0. The third-order valence-corrected chi connectivity index (χ3v) is 4.81. The minimum absolute atomic E-state index is 0.527. The van der Waals surface area contributed by atoms with Gasteiger partial charge in [-0.2, -0.15) is 0 Å². The average molecular weight is 281 g/mol. The van der Waals surface area contributed by atoms with Gasteiger partial charge in [-0.15, -0.1) is 11.3 Å². The van der Waals surface area contributed by atoms with Crippen molar-refractivity contribution in [3.63, 3.8) is 0 Å². The minimum atomic E-state index is -0.527. The average Bonchev–Trinajstić information content (AvgIpc) is 2.80. The maximum Gasteiger partial charge on any atom is 0.0852 e. The molecule has 96 valence electrons. The van der Waals surface area contributed by atoms with Crippen molar-refractivity contribution in [2.75, 3.05) is 0 Å². The molecule has 1 nitrogen and oxygen atoms in total. The lowest BCUT2D eigenvalue weighted by Crippen LogP contribution is -2.02. The van der Waals surface area contributed by atoms with E-state index in [0.29, 0.717) is 11.4 Å². The molecule has 0 aliphatic carbocycles. The molecule has 18 heavy (non-hydrogen) atoms. The topological polar surface area (TPSA) is 20.2 Å². The largest absolute Gasteiger partial charge is 0.388 e. The van der Waals surface area contributed by atoms with Crippen molar-refractivity contribution in [3.05, 3.63) is 56.2 Å². The summed E-state index contributed by atoms with van der Waals surface area (Å²) in [6.45, 7) is 4.10. The third kappa shape index (κ3) is 2.94. The molecular weight excluding hydrogens is 264 g/mol. The Bertz CT molecular complexity index is 533. The van der Waals surface area contributed by atoms with E-state index in [0.717, 1.165) is 17.5 Å². The fourth-order valence-electron chi connectivity index (χ4n) is 1.95. The van der Waals surface area contributed by atoms with Crippen LogP contribution in [-0.2, 0) is 12.8 Å². The molecule has 1 aromatic carbocycles. The van der Waals surface area contributed by atoms with Crippen LogP contribution in [0.5, 0.6) is 0 Å². The van der Waals surface area contributed by atoms with Crippen LogP contribution in [0.2, 0.25) is 5.02 Å². The van der Waals surface area contributed by atoms with Crippen molar-refractivity contribution in [2.45, 2.75) is 32.8 Å². The number of aliphatic hydroxyl groups is 1. The summed E-state index contributed by atoms with van der Waals surface area (Å²) in [4.78, 5) is 2.56. The van der Waals surface area contributed by atoms with Gasteiger partial charge < -0.3 is 5.11 Å². The SMILES string of the molecule is CCc1ccc(CC(O)c2cccc(C)c2Cl)s1. The van der Waals surface area contributed by atoms with E-state index < -0.39 is 6.10 Å². The van der Waals surface area contributed by atoms with Crippen molar-refractivity contribution < 1.29 is 5.11 Å². The molecule has 0 fully saturated rings. The summed E-state index contributed by atoms with van der Waals surface area (Å²) in [5.74, 6) is 0. The molecule has 3 heteroatoms. The van der Waals surface area contributed by atoms with Crippen LogP contribution < -0.4 is 0 Å². The Balaban J connectivity index is 2.16. The number of halogens is 1. The number of rotatable bonds is 4. The monoisotopic (exact) mass is 280 g/mol. The van der Waals surface area contributed by atoms with E-state index in [2.05, 4.69) is 19.1 Å². The number of hydrogen-bond donors (Lipinski definition) is 1. The van der Waals surface area contributed by atoms with Crippen LogP contribution in [0.25, 0.3) is 0 Å². The molecule has 0 aliphatic rings. The lowest BCUT2D eigenvalue weighted by molar-refractivity contribution is 0.179. The first kappa shape index (κ1) is 13.6. The van der Waals surface area contributed by atoms with Gasteiger partial charge in [-0.1, -0.05) is 36.7 Å². The first-order valence-corrected chi connectivity index (χ1v) is 7.32. The maximum atomic E-state index is 10.3. The second kappa shape index (κ2) is 5.87. The van der Waals surface area contributed by atoms with Gasteiger partial charge in [-0.3, -0.25) is 0 Å². The fraction of sp³-hybridized carbons (Fsp3) is 0.333. The standard InChI is InChI=1S/C15H17ClOS/c1-3-11-7-8-12(18-11)9-14(17)13-6-4-5-10(2)15(13)16/h4-8,14,17H,3,9H2,1-2H3. The molecule has 2 rings (SSSR count). The molecule has 1 atom stereocenters. The molecule has 0 spiro atoms. The molecule has 0 aliphatic heterocycles. The van der Waals surface area contributed by atoms with Crippen LogP contribution in [0.15, 0.2) is 30.3 Å². The Morgan fingerprint density at radius 3 is 2.61 bits per heavy atom. The van der Waals surface area contributed by atoms with Crippen LogP contribution in [-0.4, -0.2) is 5.11 Å². The molecule has 1 aromatic heterocycles. The van der Waals surface area contributed by atoms with Crippen LogP contribution >= 0.6 is 22.9 Å². The minimum Gasteiger partial charge on any atom is -0.388 e. The smallest absolute Gasteiger partial charge is 0.0852 e.